The zero-order valence-corrected chi connectivity index (χ0v) is 15.5. The number of nitrogens with one attached hydrogen (secondary N) is 3. The SMILES string of the molecule is CSCC[C@H](NC(=O)[C@@H](N)Cc1cnc[nH]1)C(=O)N[C@H](C(=O)O)[C@@H](C)O. The van der Waals surface area contributed by atoms with Crippen LogP contribution in [-0.2, 0) is 20.8 Å². The minimum Gasteiger partial charge on any atom is -0.480 e. The molecule has 26 heavy (non-hydrogen) atoms. The number of aromatic nitrogens is 2. The average Bonchev–Trinajstić information content (AvgIpc) is 3.08. The normalized spacial score (nSPS) is 15.5. The van der Waals surface area contributed by atoms with E-state index in [1.54, 1.807) is 6.20 Å². The number of amides is 2. The molecule has 0 aliphatic carbocycles. The van der Waals surface area contributed by atoms with E-state index in [4.69, 9.17) is 10.8 Å². The monoisotopic (exact) mass is 387 g/mol. The lowest BCUT2D eigenvalue weighted by Gasteiger charge is -2.23. The summed E-state index contributed by atoms with van der Waals surface area (Å²) in [7, 11) is 0. The van der Waals surface area contributed by atoms with E-state index in [1.165, 1.54) is 25.0 Å². The average molecular weight is 387 g/mol. The fraction of sp³-hybridized carbons (Fsp3) is 0.600. The number of aliphatic hydroxyl groups excluding tert-OH is 1. The number of carbonyl (C=O) groups excluding carboxylic acids is 2. The van der Waals surface area contributed by atoms with Gasteiger partial charge in [0.25, 0.3) is 0 Å². The third-order valence-corrected chi connectivity index (χ3v) is 4.27. The zero-order valence-electron chi connectivity index (χ0n) is 14.6. The molecule has 0 aromatic carbocycles. The number of rotatable bonds is 11. The van der Waals surface area contributed by atoms with Gasteiger partial charge in [0.1, 0.15) is 6.04 Å². The van der Waals surface area contributed by atoms with Crippen molar-refractivity contribution in [1.82, 2.24) is 20.6 Å². The second kappa shape index (κ2) is 10.8. The van der Waals surface area contributed by atoms with Crippen LogP contribution in [0.25, 0.3) is 0 Å². The number of nitrogens with zero attached hydrogens (tertiary/aromatic N) is 1. The molecule has 1 aromatic heterocycles. The van der Waals surface area contributed by atoms with Crippen molar-refractivity contribution in [3.8, 4) is 0 Å². The Morgan fingerprint density at radius 3 is 2.54 bits per heavy atom. The number of aromatic amines is 1. The Morgan fingerprint density at radius 1 is 1.35 bits per heavy atom. The molecule has 0 spiro atoms. The van der Waals surface area contributed by atoms with Gasteiger partial charge in [0.15, 0.2) is 6.04 Å². The molecular weight excluding hydrogens is 362 g/mol. The molecule has 0 unspecified atom stereocenters. The fourth-order valence-corrected chi connectivity index (χ4v) is 2.62. The summed E-state index contributed by atoms with van der Waals surface area (Å²) in [6.07, 6.45) is 4.09. The van der Waals surface area contributed by atoms with E-state index in [1.807, 2.05) is 6.26 Å². The molecule has 0 saturated heterocycles. The van der Waals surface area contributed by atoms with Crippen LogP contribution in [0.4, 0.5) is 0 Å². The molecule has 1 aromatic rings. The Kier molecular flexibility index (Phi) is 9.10. The van der Waals surface area contributed by atoms with Crippen molar-refractivity contribution in [2.75, 3.05) is 12.0 Å². The molecule has 0 saturated carbocycles. The number of carboxylic acids is 1. The molecular formula is C15H25N5O5S. The molecule has 0 radical (unpaired) electrons. The van der Waals surface area contributed by atoms with E-state index in [9.17, 15) is 19.5 Å². The van der Waals surface area contributed by atoms with Gasteiger partial charge in [-0.3, -0.25) is 9.59 Å². The van der Waals surface area contributed by atoms with E-state index in [-0.39, 0.29) is 6.42 Å². The van der Waals surface area contributed by atoms with Gasteiger partial charge in [-0.2, -0.15) is 11.8 Å². The zero-order chi connectivity index (χ0) is 19.7. The Labute approximate surface area is 155 Å². The molecule has 1 rings (SSSR count). The second-order valence-electron chi connectivity index (χ2n) is 5.80. The number of H-pyrrole nitrogens is 1. The summed E-state index contributed by atoms with van der Waals surface area (Å²) < 4.78 is 0. The number of imidazole rings is 1. The first-order chi connectivity index (χ1) is 12.3. The molecule has 146 valence electrons. The third kappa shape index (κ3) is 7.02. The molecule has 7 N–H and O–H groups in total. The minimum atomic E-state index is -1.46. The fourth-order valence-electron chi connectivity index (χ4n) is 2.15. The van der Waals surface area contributed by atoms with Crippen LogP contribution in [0.5, 0.6) is 0 Å². The van der Waals surface area contributed by atoms with Crippen LogP contribution in [-0.4, -0.2) is 74.2 Å². The van der Waals surface area contributed by atoms with Crippen LogP contribution < -0.4 is 16.4 Å². The standard InChI is InChI=1S/C15H25N5O5S/c1-8(21)12(15(24)25)20-14(23)11(3-4-26-2)19-13(22)10(16)5-9-6-17-7-18-9/h6-8,10-12,21H,3-5,16H2,1-2H3,(H,17,18)(H,19,22)(H,20,23)(H,24,25)/t8-,10+,11+,12+/m1/s1. The van der Waals surface area contributed by atoms with Gasteiger partial charge in [-0.15, -0.1) is 0 Å². The lowest BCUT2D eigenvalue weighted by molar-refractivity contribution is -0.145. The first-order valence-corrected chi connectivity index (χ1v) is 9.39. The second-order valence-corrected chi connectivity index (χ2v) is 6.78. The molecule has 0 aliphatic heterocycles. The third-order valence-electron chi connectivity index (χ3n) is 3.62. The first-order valence-electron chi connectivity index (χ1n) is 7.99. The van der Waals surface area contributed by atoms with Crippen LogP contribution in [0, 0.1) is 0 Å². The molecule has 2 amide bonds. The van der Waals surface area contributed by atoms with Gasteiger partial charge in [0.2, 0.25) is 11.8 Å². The van der Waals surface area contributed by atoms with Crippen LogP contribution in [0.3, 0.4) is 0 Å². The number of hydrogen-bond donors (Lipinski definition) is 6. The molecule has 0 bridgehead atoms. The maximum Gasteiger partial charge on any atom is 0.328 e. The molecule has 0 aliphatic rings. The van der Waals surface area contributed by atoms with Crippen molar-refractivity contribution in [3.05, 3.63) is 18.2 Å². The largest absolute Gasteiger partial charge is 0.480 e. The quantitative estimate of drug-likeness (QED) is 0.265. The summed E-state index contributed by atoms with van der Waals surface area (Å²) in [6, 6.07) is -3.31. The highest BCUT2D eigenvalue weighted by Gasteiger charge is 2.30. The predicted molar refractivity (Wildman–Crippen MR) is 96.4 cm³/mol. The van der Waals surface area contributed by atoms with E-state index < -0.39 is 42.0 Å². The first kappa shape index (κ1) is 21.9. The highest BCUT2D eigenvalue weighted by molar-refractivity contribution is 7.98. The van der Waals surface area contributed by atoms with E-state index in [0.717, 1.165) is 0 Å². The van der Waals surface area contributed by atoms with Crippen molar-refractivity contribution in [3.63, 3.8) is 0 Å². The molecule has 0 fully saturated rings. The highest BCUT2D eigenvalue weighted by Crippen LogP contribution is 2.04. The number of hydrogen-bond acceptors (Lipinski definition) is 7. The van der Waals surface area contributed by atoms with Crippen molar-refractivity contribution >= 4 is 29.5 Å². The number of carbonyl (C=O) groups is 3. The van der Waals surface area contributed by atoms with Crippen molar-refractivity contribution in [1.29, 1.82) is 0 Å². The summed E-state index contributed by atoms with van der Waals surface area (Å²) in [6.45, 7) is 1.26. The number of aliphatic carboxylic acids is 1. The van der Waals surface area contributed by atoms with Crippen LogP contribution >= 0.6 is 11.8 Å². The van der Waals surface area contributed by atoms with Gasteiger partial charge in [-0.25, -0.2) is 9.78 Å². The van der Waals surface area contributed by atoms with Crippen LogP contribution in [0.2, 0.25) is 0 Å². The lowest BCUT2D eigenvalue weighted by Crippen LogP contribution is -2.56. The van der Waals surface area contributed by atoms with Gasteiger partial charge >= 0.3 is 5.97 Å². The predicted octanol–water partition coefficient (Wildman–Crippen LogP) is -1.53. The number of thioether (sulfide) groups is 1. The van der Waals surface area contributed by atoms with Crippen molar-refractivity contribution in [2.24, 2.45) is 5.73 Å². The van der Waals surface area contributed by atoms with Gasteiger partial charge in [-0.05, 0) is 25.4 Å². The summed E-state index contributed by atoms with van der Waals surface area (Å²) >= 11 is 1.48. The van der Waals surface area contributed by atoms with Gasteiger partial charge in [0.05, 0.1) is 18.5 Å². The summed E-state index contributed by atoms with van der Waals surface area (Å²) in [4.78, 5) is 42.5. The lowest BCUT2D eigenvalue weighted by atomic mass is 10.1. The Balaban J connectivity index is 2.73. The molecule has 10 nitrogen and oxygen atoms in total. The van der Waals surface area contributed by atoms with E-state index >= 15 is 0 Å². The maximum absolute atomic E-state index is 12.4. The number of aliphatic hydroxyl groups is 1. The Bertz CT molecular complexity index is 595. The summed E-state index contributed by atoms with van der Waals surface area (Å²) in [5.74, 6) is -2.01. The molecule has 4 atom stereocenters. The topological polar surface area (TPSA) is 170 Å². The Morgan fingerprint density at radius 2 is 2.04 bits per heavy atom. The van der Waals surface area contributed by atoms with Crippen LogP contribution in [0.1, 0.15) is 19.0 Å². The number of nitrogens with two attached hydrogens (primary N) is 1. The number of carboxylic acid groups (broad SMARTS) is 1. The van der Waals surface area contributed by atoms with Crippen molar-refractivity contribution in [2.45, 2.75) is 44.0 Å². The van der Waals surface area contributed by atoms with Gasteiger partial charge < -0.3 is 31.6 Å². The molecule has 11 heteroatoms. The van der Waals surface area contributed by atoms with Crippen molar-refractivity contribution < 1.29 is 24.6 Å². The summed E-state index contributed by atoms with van der Waals surface area (Å²) in [5, 5.41) is 23.3. The van der Waals surface area contributed by atoms with Crippen LogP contribution in [0.15, 0.2) is 12.5 Å². The smallest absolute Gasteiger partial charge is 0.328 e. The maximum atomic E-state index is 12.4. The molecule has 1 heterocycles. The summed E-state index contributed by atoms with van der Waals surface area (Å²) in [5.41, 5.74) is 6.53. The van der Waals surface area contributed by atoms with Gasteiger partial charge in [-0.1, -0.05) is 0 Å². The minimum absolute atomic E-state index is 0.216. The van der Waals surface area contributed by atoms with E-state index in [2.05, 4.69) is 20.6 Å². The van der Waals surface area contributed by atoms with Gasteiger partial charge in [0, 0.05) is 18.3 Å². The Hall–Kier alpha value is -2.11. The van der Waals surface area contributed by atoms with E-state index in [0.29, 0.717) is 17.9 Å². The highest BCUT2D eigenvalue weighted by atomic mass is 32.2.